The van der Waals surface area contributed by atoms with Crippen LogP contribution in [0.15, 0.2) is 9.98 Å². The van der Waals surface area contributed by atoms with Crippen molar-refractivity contribution in [1.82, 2.24) is 0 Å². The summed E-state index contributed by atoms with van der Waals surface area (Å²) < 4.78 is 0. The van der Waals surface area contributed by atoms with Crippen molar-refractivity contribution in [3.05, 3.63) is 0 Å². The minimum Gasteiger partial charge on any atom is -0.211 e. The van der Waals surface area contributed by atoms with E-state index in [0.717, 1.165) is 25.7 Å². The van der Waals surface area contributed by atoms with Crippen molar-refractivity contribution < 1.29 is 9.59 Å². The van der Waals surface area contributed by atoms with Gasteiger partial charge in [-0.15, -0.1) is 0 Å². The predicted molar refractivity (Wildman–Crippen MR) is 81.6 cm³/mol. The maximum atomic E-state index is 11.1. The van der Waals surface area contributed by atoms with E-state index in [1.165, 1.54) is 38.5 Å². The molecule has 2 rings (SSSR count). The fraction of sp³-hybridized carbons (Fsp3) is 0.882. The van der Waals surface area contributed by atoms with Crippen LogP contribution in [-0.2, 0) is 9.59 Å². The molecule has 0 aromatic carbocycles. The number of hydrogen-bond acceptors (Lipinski definition) is 4. The highest BCUT2D eigenvalue weighted by Gasteiger charge is 2.45. The third kappa shape index (κ3) is 3.90. The van der Waals surface area contributed by atoms with Crippen LogP contribution in [0.5, 0.6) is 0 Å². The molecule has 0 spiro atoms. The number of nitrogens with zero attached hydrogens (tertiary/aromatic N) is 2. The Morgan fingerprint density at radius 2 is 1.33 bits per heavy atom. The van der Waals surface area contributed by atoms with Crippen molar-refractivity contribution in [2.45, 2.75) is 76.2 Å². The summed E-state index contributed by atoms with van der Waals surface area (Å²) in [6.45, 7) is 0.432. The lowest BCUT2D eigenvalue weighted by atomic mass is 9.63. The van der Waals surface area contributed by atoms with Crippen LogP contribution in [0.4, 0.5) is 0 Å². The predicted octanol–water partition coefficient (Wildman–Crippen LogP) is 3.95. The van der Waals surface area contributed by atoms with E-state index in [1.54, 1.807) is 6.08 Å². The van der Waals surface area contributed by atoms with Crippen LogP contribution in [0.3, 0.4) is 0 Å². The Kier molecular flexibility index (Phi) is 6.35. The minimum atomic E-state index is -0.330. The van der Waals surface area contributed by atoms with Gasteiger partial charge in [0.1, 0.15) is 0 Å². The molecule has 116 valence electrons. The summed E-state index contributed by atoms with van der Waals surface area (Å²) in [5, 5.41) is 0. The third-order valence-electron chi connectivity index (χ3n) is 5.57. The van der Waals surface area contributed by atoms with E-state index in [4.69, 9.17) is 0 Å². The molecule has 0 bridgehead atoms. The summed E-state index contributed by atoms with van der Waals surface area (Å²) >= 11 is 0. The van der Waals surface area contributed by atoms with Crippen molar-refractivity contribution in [1.29, 1.82) is 0 Å². The van der Waals surface area contributed by atoms with Crippen LogP contribution in [0.2, 0.25) is 0 Å². The first-order valence-corrected chi connectivity index (χ1v) is 8.46. The lowest BCUT2D eigenvalue weighted by Crippen LogP contribution is -2.46. The number of aliphatic imine (C=N–C) groups is 2. The molecule has 0 saturated heterocycles. The molecule has 2 aliphatic rings. The summed E-state index contributed by atoms with van der Waals surface area (Å²) in [7, 11) is 0. The highest BCUT2D eigenvalue weighted by Crippen LogP contribution is 2.47. The molecule has 0 radical (unpaired) electrons. The largest absolute Gasteiger partial charge is 0.235 e. The Morgan fingerprint density at radius 3 is 1.76 bits per heavy atom. The van der Waals surface area contributed by atoms with Gasteiger partial charge in [-0.2, -0.15) is 4.99 Å². The lowest BCUT2D eigenvalue weighted by Gasteiger charge is -2.45. The Hall–Kier alpha value is -1.24. The molecule has 0 aromatic rings. The van der Waals surface area contributed by atoms with Crippen molar-refractivity contribution in [2.75, 3.05) is 6.54 Å². The molecule has 0 amide bonds. The zero-order valence-electron chi connectivity index (χ0n) is 12.9. The first-order valence-electron chi connectivity index (χ1n) is 8.46. The highest BCUT2D eigenvalue weighted by molar-refractivity contribution is 5.36. The molecule has 2 aliphatic carbocycles. The number of isocyanates is 2. The van der Waals surface area contributed by atoms with E-state index in [1.807, 2.05) is 6.08 Å². The average molecular weight is 290 g/mol. The van der Waals surface area contributed by atoms with Crippen LogP contribution in [0, 0.1) is 11.8 Å². The molecule has 0 atom stereocenters. The molecule has 0 aromatic heterocycles. The number of carbonyl (C=O) groups excluding carboxylic acids is 2. The van der Waals surface area contributed by atoms with Crippen LogP contribution in [0.25, 0.3) is 0 Å². The summed E-state index contributed by atoms with van der Waals surface area (Å²) in [5.41, 5.74) is -0.330. The Balaban J connectivity index is 2.26. The zero-order chi connectivity index (χ0) is 15.0. The molecule has 4 heteroatoms. The second-order valence-electron chi connectivity index (χ2n) is 6.59. The fourth-order valence-corrected chi connectivity index (χ4v) is 4.55. The van der Waals surface area contributed by atoms with Crippen LogP contribution >= 0.6 is 0 Å². The quantitative estimate of drug-likeness (QED) is 0.549. The number of hydrogen-bond donors (Lipinski definition) is 0. The van der Waals surface area contributed by atoms with Crippen molar-refractivity contribution in [3.8, 4) is 0 Å². The molecule has 21 heavy (non-hydrogen) atoms. The number of rotatable bonds is 6. The van der Waals surface area contributed by atoms with Gasteiger partial charge in [0.2, 0.25) is 12.2 Å². The molecular formula is C17H26N2O2. The topological polar surface area (TPSA) is 58.9 Å². The van der Waals surface area contributed by atoms with E-state index >= 15 is 0 Å². The molecule has 4 nitrogen and oxygen atoms in total. The molecule has 2 fully saturated rings. The first-order chi connectivity index (χ1) is 10.3. The Morgan fingerprint density at radius 1 is 0.810 bits per heavy atom. The van der Waals surface area contributed by atoms with Crippen LogP contribution in [0.1, 0.15) is 70.6 Å². The average Bonchev–Trinajstić information content (AvgIpc) is 2.56. The summed E-state index contributed by atoms with van der Waals surface area (Å²) in [6.07, 6.45) is 16.2. The monoisotopic (exact) mass is 290 g/mol. The molecule has 0 heterocycles. The van der Waals surface area contributed by atoms with Gasteiger partial charge in [-0.3, -0.25) is 0 Å². The van der Waals surface area contributed by atoms with E-state index in [-0.39, 0.29) is 5.54 Å². The SMILES string of the molecule is O=C=NCCC(N=C=O)(C1CCCCC1)C1CCCCC1. The second-order valence-corrected chi connectivity index (χ2v) is 6.59. The summed E-state index contributed by atoms with van der Waals surface area (Å²) in [4.78, 5) is 29.7. The van der Waals surface area contributed by atoms with Gasteiger partial charge in [0.15, 0.2) is 0 Å². The van der Waals surface area contributed by atoms with Gasteiger partial charge in [0, 0.05) is 0 Å². The standard InChI is InChI=1S/C17H26N2O2/c20-13-18-12-11-17(19-14-21,15-7-3-1-4-8-15)16-9-5-2-6-10-16/h15-16H,1-12H2. The maximum Gasteiger partial charge on any atom is 0.235 e. The maximum absolute atomic E-state index is 11.1. The van der Waals surface area contributed by atoms with E-state index in [9.17, 15) is 9.59 Å². The van der Waals surface area contributed by atoms with Gasteiger partial charge in [-0.05, 0) is 43.9 Å². The van der Waals surface area contributed by atoms with Gasteiger partial charge in [-0.1, -0.05) is 38.5 Å². The summed E-state index contributed by atoms with van der Waals surface area (Å²) in [6, 6.07) is 0. The Labute approximate surface area is 127 Å². The minimum absolute atomic E-state index is 0.330. The van der Waals surface area contributed by atoms with Gasteiger partial charge >= 0.3 is 0 Å². The van der Waals surface area contributed by atoms with Gasteiger partial charge in [0.25, 0.3) is 0 Å². The van der Waals surface area contributed by atoms with Crippen molar-refractivity contribution >= 4 is 12.2 Å². The van der Waals surface area contributed by atoms with E-state index < -0.39 is 0 Å². The molecule has 0 unspecified atom stereocenters. The third-order valence-corrected chi connectivity index (χ3v) is 5.57. The van der Waals surface area contributed by atoms with Gasteiger partial charge in [0.05, 0.1) is 12.1 Å². The van der Waals surface area contributed by atoms with E-state index in [2.05, 4.69) is 9.98 Å². The lowest BCUT2D eigenvalue weighted by molar-refractivity contribution is 0.101. The van der Waals surface area contributed by atoms with Crippen LogP contribution < -0.4 is 0 Å². The highest BCUT2D eigenvalue weighted by atomic mass is 16.1. The van der Waals surface area contributed by atoms with Crippen LogP contribution in [-0.4, -0.2) is 24.2 Å². The summed E-state index contributed by atoms with van der Waals surface area (Å²) in [5.74, 6) is 0.912. The Bertz CT molecular complexity index is 393. The zero-order valence-corrected chi connectivity index (χ0v) is 12.9. The molecule has 2 saturated carbocycles. The second kappa shape index (κ2) is 8.26. The van der Waals surface area contributed by atoms with Gasteiger partial charge < -0.3 is 0 Å². The van der Waals surface area contributed by atoms with Crippen molar-refractivity contribution in [2.24, 2.45) is 21.8 Å². The van der Waals surface area contributed by atoms with E-state index in [0.29, 0.717) is 24.8 Å². The molecule has 0 aliphatic heterocycles. The smallest absolute Gasteiger partial charge is 0.211 e. The van der Waals surface area contributed by atoms with Crippen molar-refractivity contribution in [3.63, 3.8) is 0 Å². The first kappa shape index (κ1) is 16.1. The normalized spacial score (nSPS) is 21.3. The fourth-order valence-electron chi connectivity index (χ4n) is 4.55. The molecular weight excluding hydrogens is 264 g/mol. The molecule has 0 N–H and O–H groups in total. The van der Waals surface area contributed by atoms with Gasteiger partial charge in [-0.25, -0.2) is 14.6 Å².